The van der Waals surface area contributed by atoms with Gasteiger partial charge in [-0.25, -0.2) is 4.98 Å². The maximum absolute atomic E-state index is 11.3. The zero-order chi connectivity index (χ0) is 13.9. The van der Waals surface area contributed by atoms with Crippen LogP contribution in [-0.2, 0) is 17.8 Å². The molecule has 102 valence electrons. The van der Waals surface area contributed by atoms with Gasteiger partial charge in [0.05, 0.1) is 5.69 Å². The molecule has 0 fully saturated rings. The number of hydrogen-bond acceptors (Lipinski definition) is 4. The van der Waals surface area contributed by atoms with E-state index in [2.05, 4.69) is 10.3 Å². The summed E-state index contributed by atoms with van der Waals surface area (Å²) < 4.78 is 5.73. The van der Waals surface area contributed by atoms with Gasteiger partial charge in [-0.3, -0.25) is 4.79 Å². The zero-order valence-electron chi connectivity index (χ0n) is 10.9. The number of benzene rings is 1. The molecule has 0 saturated heterocycles. The van der Waals surface area contributed by atoms with E-state index in [0.29, 0.717) is 24.6 Å². The monoisotopic (exact) mass is 269 g/mol. The minimum Gasteiger partial charge on any atom is -0.439 e. The van der Waals surface area contributed by atoms with Crippen molar-refractivity contribution in [2.75, 3.05) is 5.32 Å². The molecule has 0 saturated carbocycles. The Morgan fingerprint density at radius 1 is 1.25 bits per heavy atom. The Morgan fingerprint density at radius 3 is 3.00 bits per heavy atom. The van der Waals surface area contributed by atoms with Gasteiger partial charge in [0.1, 0.15) is 5.75 Å². The van der Waals surface area contributed by atoms with Crippen molar-refractivity contribution in [3.05, 3.63) is 47.7 Å². The summed E-state index contributed by atoms with van der Waals surface area (Å²) in [6.45, 7) is 0.382. The fraction of sp³-hybridized carbons (Fsp3) is 0.200. The predicted octanol–water partition coefficient (Wildman–Crippen LogP) is 2.22. The molecule has 5 nitrogen and oxygen atoms in total. The highest BCUT2D eigenvalue weighted by Crippen LogP contribution is 2.28. The molecule has 2 heterocycles. The summed E-state index contributed by atoms with van der Waals surface area (Å²) in [4.78, 5) is 15.6. The summed E-state index contributed by atoms with van der Waals surface area (Å²) >= 11 is 0. The van der Waals surface area contributed by atoms with E-state index >= 15 is 0 Å². The molecule has 1 aliphatic rings. The van der Waals surface area contributed by atoms with Crippen LogP contribution < -0.4 is 15.8 Å². The number of amides is 1. The Labute approximate surface area is 116 Å². The lowest BCUT2D eigenvalue weighted by molar-refractivity contribution is -0.116. The van der Waals surface area contributed by atoms with Crippen molar-refractivity contribution in [2.45, 2.75) is 19.4 Å². The lowest BCUT2D eigenvalue weighted by Gasteiger charge is -2.17. The van der Waals surface area contributed by atoms with Gasteiger partial charge >= 0.3 is 0 Å². The fourth-order valence-corrected chi connectivity index (χ4v) is 2.17. The van der Waals surface area contributed by atoms with Gasteiger partial charge in [-0.05, 0) is 36.2 Å². The SMILES string of the molecule is NCc1cccc(Oc2ccc3c(c2)CCC(=O)N3)n1. The number of ether oxygens (including phenoxy) is 1. The Hall–Kier alpha value is -2.40. The molecule has 3 N–H and O–H groups in total. The van der Waals surface area contributed by atoms with Crippen molar-refractivity contribution < 1.29 is 9.53 Å². The number of hydrogen-bond donors (Lipinski definition) is 2. The lowest BCUT2D eigenvalue weighted by Crippen LogP contribution is -2.18. The molecule has 20 heavy (non-hydrogen) atoms. The quantitative estimate of drug-likeness (QED) is 0.895. The van der Waals surface area contributed by atoms with Gasteiger partial charge in [0, 0.05) is 24.7 Å². The smallest absolute Gasteiger partial charge is 0.224 e. The Morgan fingerprint density at radius 2 is 2.15 bits per heavy atom. The van der Waals surface area contributed by atoms with Crippen LogP contribution in [-0.4, -0.2) is 10.9 Å². The van der Waals surface area contributed by atoms with E-state index in [0.717, 1.165) is 23.4 Å². The number of carbonyl (C=O) groups excluding carboxylic acids is 1. The first kappa shape index (κ1) is 12.6. The van der Waals surface area contributed by atoms with Crippen LogP contribution in [0.4, 0.5) is 5.69 Å². The van der Waals surface area contributed by atoms with Crippen molar-refractivity contribution in [1.82, 2.24) is 4.98 Å². The van der Waals surface area contributed by atoms with E-state index in [-0.39, 0.29) is 5.91 Å². The number of anilines is 1. The first-order chi connectivity index (χ1) is 9.74. The van der Waals surface area contributed by atoms with Gasteiger partial charge in [0.2, 0.25) is 11.8 Å². The average Bonchev–Trinajstić information content (AvgIpc) is 2.47. The number of aryl methyl sites for hydroxylation is 1. The van der Waals surface area contributed by atoms with Crippen molar-refractivity contribution in [1.29, 1.82) is 0 Å². The highest BCUT2D eigenvalue weighted by atomic mass is 16.5. The van der Waals surface area contributed by atoms with Crippen molar-refractivity contribution >= 4 is 11.6 Å². The van der Waals surface area contributed by atoms with Crippen molar-refractivity contribution in [2.24, 2.45) is 5.73 Å². The molecular weight excluding hydrogens is 254 g/mol. The number of rotatable bonds is 3. The second kappa shape index (κ2) is 5.30. The number of fused-ring (bicyclic) bond motifs is 1. The van der Waals surface area contributed by atoms with E-state index < -0.39 is 0 Å². The Kier molecular flexibility index (Phi) is 3.35. The molecule has 1 amide bonds. The van der Waals surface area contributed by atoms with E-state index in [9.17, 15) is 4.79 Å². The fourth-order valence-electron chi connectivity index (χ4n) is 2.17. The molecule has 0 radical (unpaired) electrons. The van der Waals surface area contributed by atoms with Gasteiger partial charge in [-0.2, -0.15) is 0 Å². The Bertz CT molecular complexity index is 655. The number of aromatic nitrogens is 1. The third-order valence-corrected chi connectivity index (χ3v) is 3.18. The van der Waals surface area contributed by atoms with Crippen LogP contribution in [0.1, 0.15) is 17.7 Å². The van der Waals surface area contributed by atoms with E-state index in [1.165, 1.54) is 0 Å². The average molecular weight is 269 g/mol. The van der Waals surface area contributed by atoms with Crippen molar-refractivity contribution in [3.8, 4) is 11.6 Å². The molecule has 1 aromatic heterocycles. The van der Waals surface area contributed by atoms with Gasteiger partial charge in [-0.1, -0.05) is 6.07 Å². The van der Waals surface area contributed by atoms with Gasteiger partial charge in [0.15, 0.2) is 0 Å². The summed E-state index contributed by atoms with van der Waals surface area (Å²) in [5.74, 6) is 1.29. The number of nitrogens with one attached hydrogen (secondary N) is 1. The third-order valence-electron chi connectivity index (χ3n) is 3.18. The summed E-state index contributed by atoms with van der Waals surface area (Å²) in [7, 11) is 0. The minimum atomic E-state index is 0.0588. The number of nitrogens with zero attached hydrogens (tertiary/aromatic N) is 1. The second-order valence-corrected chi connectivity index (χ2v) is 4.64. The molecular formula is C15H15N3O2. The van der Waals surface area contributed by atoms with E-state index in [1.807, 2.05) is 30.3 Å². The van der Waals surface area contributed by atoms with Crippen LogP contribution in [0.15, 0.2) is 36.4 Å². The van der Waals surface area contributed by atoms with E-state index in [4.69, 9.17) is 10.5 Å². The summed E-state index contributed by atoms with van der Waals surface area (Å²) in [5.41, 5.74) is 8.28. The normalized spacial score (nSPS) is 13.6. The van der Waals surface area contributed by atoms with Crippen molar-refractivity contribution in [3.63, 3.8) is 0 Å². The standard InChI is InChI=1S/C15H15N3O2/c16-9-11-2-1-3-15(17-11)20-12-5-6-13-10(8-12)4-7-14(19)18-13/h1-3,5-6,8H,4,7,9,16H2,(H,18,19). The molecule has 0 spiro atoms. The summed E-state index contributed by atoms with van der Waals surface area (Å²) in [5, 5.41) is 2.84. The first-order valence-corrected chi connectivity index (χ1v) is 6.51. The predicted molar refractivity (Wildman–Crippen MR) is 75.6 cm³/mol. The third kappa shape index (κ3) is 2.62. The molecule has 1 aliphatic heterocycles. The number of nitrogens with two attached hydrogens (primary N) is 1. The second-order valence-electron chi connectivity index (χ2n) is 4.64. The van der Waals surface area contributed by atoms with Crippen LogP contribution in [0.2, 0.25) is 0 Å². The molecule has 0 bridgehead atoms. The highest BCUT2D eigenvalue weighted by Gasteiger charge is 2.15. The molecule has 3 rings (SSSR count). The number of carbonyl (C=O) groups is 1. The van der Waals surface area contributed by atoms with Crippen LogP contribution >= 0.6 is 0 Å². The molecule has 1 aromatic carbocycles. The lowest BCUT2D eigenvalue weighted by atomic mass is 10.0. The number of pyridine rings is 1. The van der Waals surface area contributed by atoms with Gasteiger partial charge in [0.25, 0.3) is 0 Å². The van der Waals surface area contributed by atoms with Crippen LogP contribution in [0.25, 0.3) is 0 Å². The maximum Gasteiger partial charge on any atom is 0.224 e. The Balaban J connectivity index is 1.82. The molecule has 0 atom stereocenters. The van der Waals surface area contributed by atoms with Gasteiger partial charge in [-0.15, -0.1) is 0 Å². The zero-order valence-corrected chi connectivity index (χ0v) is 10.9. The minimum absolute atomic E-state index is 0.0588. The first-order valence-electron chi connectivity index (χ1n) is 6.51. The van der Waals surface area contributed by atoms with Crippen LogP contribution in [0, 0.1) is 0 Å². The van der Waals surface area contributed by atoms with E-state index in [1.54, 1.807) is 6.07 Å². The van der Waals surface area contributed by atoms with Gasteiger partial charge < -0.3 is 15.8 Å². The largest absolute Gasteiger partial charge is 0.439 e. The molecule has 2 aromatic rings. The highest BCUT2D eigenvalue weighted by molar-refractivity contribution is 5.94. The van der Waals surface area contributed by atoms with Crippen LogP contribution in [0.3, 0.4) is 0 Å². The summed E-state index contributed by atoms with van der Waals surface area (Å²) in [6, 6.07) is 11.1. The maximum atomic E-state index is 11.3. The molecule has 0 aliphatic carbocycles. The topological polar surface area (TPSA) is 77.2 Å². The van der Waals surface area contributed by atoms with Crippen LogP contribution in [0.5, 0.6) is 11.6 Å². The molecule has 0 unspecified atom stereocenters. The molecule has 5 heteroatoms. The summed E-state index contributed by atoms with van der Waals surface area (Å²) in [6.07, 6.45) is 1.24.